The lowest BCUT2D eigenvalue weighted by molar-refractivity contribution is 0.337. The van der Waals surface area contributed by atoms with Gasteiger partial charge in [0.15, 0.2) is 5.96 Å². The zero-order chi connectivity index (χ0) is 12.3. The van der Waals surface area contributed by atoms with Crippen LogP contribution in [0.4, 0.5) is 0 Å². The van der Waals surface area contributed by atoms with E-state index in [-0.39, 0.29) is 24.0 Å². The predicted octanol–water partition coefficient (Wildman–Crippen LogP) is 2.81. The van der Waals surface area contributed by atoms with Gasteiger partial charge < -0.3 is 10.2 Å². The number of thioether (sulfide) groups is 1. The number of guanidine groups is 1. The van der Waals surface area contributed by atoms with Gasteiger partial charge in [-0.25, -0.2) is 0 Å². The third kappa shape index (κ3) is 4.18. The van der Waals surface area contributed by atoms with E-state index < -0.39 is 0 Å². The Morgan fingerprint density at radius 1 is 1.39 bits per heavy atom. The number of aliphatic imine (C=N–C) groups is 1. The van der Waals surface area contributed by atoms with E-state index in [9.17, 15) is 0 Å². The van der Waals surface area contributed by atoms with Crippen LogP contribution in [0.2, 0.25) is 0 Å². The minimum Gasteiger partial charge on any atom is -0.354 e. The van der Waals surface area contributed by atoms with Crippen LogP contribution in [-0.2, 0) is 0 Å². The summed E-state index contributed by atoms with van der Waals surface area (Å²) in [7, 11) is 1.91. The van der Waals surface area contributed by atoms with Crippen molar-refractivity contribution in [3.05, 3.63) is 0 Å². The topological polar surface area (TPSA) is 27.6 Å². The van der Waals surface area contributed by atoms with E-state index in [0.29, 0.717) is 6.04 Å². The third-order valence-electron chi connectivity index (χ3n) is 3.79. The summed E-state index contributed by atoms with van der Waals surface area (Å²) < 4.78 is 0. The van der Waals surface area contributed by atoms with E-state index in [0.717, 1.165) is 30.2 Å². The number of hydrogen-bond donors (Lipinski definition) is 1. The maximum Gasteiger partial charge on any atom is 0.193 e. The van der Waals surface area contributed by atoms with Crippen molar-refractivity contribution >= 4 is 41.7 Å². The van der Waals surface area contributed by atoms with Crippen LogP contribution in [0, 0.1) is 5.92 Å². The zero-order valence-corrected chi connectivity index (χ0v) is 14.8. The quantitative estimate of drug-likeness (QED) is 0.452. The van der Waals surface area contributed by atoms with E-state index in [1.807, 2.05) is 7.05 Å². The number of hydrogen-bond acceptors (Lipinski definition) is 2. The first-order valence-corrected chi connectivity index (χ1v) is 7.85. The molecule has 0 spiro atoms. The van der Waals surface area contributed by atoms with E-state index in [2.05, 4.69) is 40.8 Å². The molecule has 1 N–H and O–H groups in total. The molecule has 0 aromatic rings. The third-order valence-corrected chi connectivity index (χ3v) is 5.33. The molecule has 1 saturated heterocycles. The summed E-state index contributed by atoms with van der Waals surface area (Å²) in [5, 5.41) is 4.35. The van der Waals surface area contributed by atoms with Crippen molar-refractivity contribution in [2.75, 3.05) is 25.9 Å². The Morgan fingerprint density at radius 2 is 2.11 bits per heavy atom. The first-order chi connectivity index (χ1) is 8.20. The predicted molar refractivity (Wildman–Crippen MR) is 92.2 cm³/mol. The number of halogens is 1. The van der Waals surface area contributed by atoms with Gasteiger partial charge in [0.05, 0.1) is 0 Å². The molecule has 18 heavy (non-hydrogen) atoms. The van der Waals surface area contributed by atoms with Gasteiger partial charge in [-0.3, -0.25) is 4.99 Å². The summed E-state index contributed by atoms with van der Waals surface area (Å²) >= 11 is 2.12. The molecule has 0 aromatic carbocycles. The second-order valence-corrected chi connectivity index (χ2v) is 6.77. The van der Waals surface area contributed by atoms with E-state index in [4.69, 9.17) is 0 Å². The van der Waals surface area contributed by atoms with Crippen molar-refractivity contribution in [3.8, 4) is 0 Å². The Labute approximate surface area is 133 Å². The summed E-state index contributed by atoms with van der Waals surface area (Å²) in [5.41, 5.74) is 0. The lowest BCUT2D eigenvalue weighted by Gasteiger charge is -2.38. The van der Waals surface area contributed by atoms with Crippen molar-refractivity contribution in [1.29, 1.82) is 0 Å². The fourth-order valence-corrected chi connectivity index (χ4v) is 3.60. The molecule has 1 unspecified atom stereocenters. The molecule has 0 bridgehead atoms. The highest BCUT2D eigenvalue weighted by Gasteiger charge is 2.27. The maximum atomic E-state index is 4.45. The van der Waals surface area contributed by atoms with Crippen LogP contribution < -0.4 is 5.32 Å². The van der Waals surface area contributed by atoms with Crippen LogP contribution in [0.5, 0.6) is 0 Å². The summed E-state index contributed by atoms with van der Waals surface area (Å²) in [6, 6.07) is 0.681. The molecule has 106 valence electrons. The number of nitrogens with zero attached hydrogens (tertiary/aromatic N) is 2. The Bertz CT molecular complexity index is 279. The molecule has 1 saturated carbocycles. The van der Waals surface area contributed by atoms with Gasteiger partial charge >= 0.3 is 0 Å². The van der Waals surface area contributed by atoms with Crippen LogP contribution in [0.25, 0.3) is 0 Å². The van der Waals surface area contributed by atoms with Crippen molar-refractivity contribution < 1.29 is 0 Å². The van der Waals surface area contributed by atoms with E-state index in [1.54, 1.807) is 0 Å². The zero-order valence-electron chi connectivity index (χ0n) is 11.7. The van der Waals surface area contributed by atoms with E-state index in [1.165, 1.54) is 25.0 Å². The number of rotatable bonds is 2. The van der Waals surface area contributed by atoms with Gasteiger partial charge in [0.25, 0.3) is 0 Å². The maximum absolute atomic E-state index is 4.45. The molecular formula is C13H26IN3S. The molecule has 1 heterocycles. The molecule has 1 aliphatic heterocycles. The molecule has 1 atom stereocenters. The fraction of sp³-hybridized carbons (Fsp3) is 0.923. The second kappa shape index (κ2) is 7.82. The van der Waals surface area contributed by atoms with Crippen LogP contribution in [-0.4, -0.2) is 48.0 Å². The lowest BCUT2D eigenvalue weighted by atomic mass is 9.93. The molecule has 0 amide bonds. The van der Waals surface area contributed by atoms with Gasteiger partial charge in [0.1, 0.15) is 0 Å². The lowest BCUT2D eigenvalue weighted by Crippen LogP contribution is -2.52. The Kier molecular flexibility index (Phi) is 7.13. The number of nitrogens with one attached hydrogen (secondary N) is 1. The van der Waals surface area contributed by atoms with Crippen molar-refractivity contribution in [1.82, 2.24) is 10.2 Å². The highest BCUT2D eigenvalue weighted by atomic mass is 127. The standard InChI is InChI=1S/C13H25N3S.HI/c1-10(2)12-9-16(7-8-17-12)13(14-3)15-11-5-4-6-11;/h10-12H,4-9H2,1-3H3,(H,14,15);1H. The largest absolute Gasteiger partial charge is 0.354 e. The SMILES string of the molecule is CN=C(NC1CCC1)N1CCSC(C(C)C)C1.I. The molecule has 5 heteroatoms. The van der Waals surface area contributed by atoms with Crippen LogP contribution in [0.1, 0.15) is 33.1 Å². The summed E-state index contributed by atoms with van der Waals surface area (Å²) in [4.78, 5) is 6.89. The van der Waals surface area contributed by atoms with Gasteiger partial charge in [-0.15, -0.1) is 24.0 Å². The minimum atomic E-state index is 0. The van der Waals surface area contributed by atoms with E-state index >= 15 is 0 Å². The van der Waals surface area contributed by atoms with Crippen LogP contribution >= 0.6 is 35.7 Å². The first kappa shape index (κ1) is 16.4. The summed E-state index contributed by atoms with van der Waals surface area (Å²) in [6.07, 6.45) is 4.00. The molecular weight excluding hydrogens is 357 g/mol. The van der Waals surface area contributed by atoms with Gasteiger partial charge in [0, 0.05) is 37.2 Å². The summed E-state index contributed by atoms with van der Waals surface area (Å²) in [5.74, 6) is 3.11. The van der Waals surface area contributed by atoms with Gasteiger partial charge in [0.2, 0.25) is 0 Å². The van der Waals surface area contributed by atoms with Crippen LogP contribution in [0.15, 0.2) is 4.99 Å². The molecule has 3 nitrogen and oxygen atoms in total. The van der Waals surface area contributed by atoms with Crippen LogP contribution in [0.3, 0.4) is 0 Å². The highest BCUT2D eigenvalue weighted by molar-refractivity contribution is 14.0. The van der Waals surface area contributed by atoms with Gasteiger partial charge in [-0.2, -0.15) is 11.8 Å². The van der Waals surface area contributed by atoms with Gasteiger partial charge in [-0.05, 0) is 25.2 Å². The molecule has 2 rings (SSSR count). The van der Waals surface area contributed by atoms with Crippen molar-refractivity contribution in [2.24, 2.45) is 10.9 Å². The molecule has 0 aromatic heterocycles. The normalized spacial score (nSPS) is 25.7. The average Bonchev–Trinajstić information content (AvgIpc) is 2.28. The van der Waals surface area contributed by atoms with Crippen molar-refractivity contribution in [3.63, 3.8) is 0 Å². The average molecular weight is 383 g/mol. The molecule has 2 aliphatic rings. The summed E-state index contributed by atoms with van der Waals surface area (Å²) in [6.45, 7) is 6.93. The Morgan fingerprint density at radius 3 is 2.61 bits per heavy atom. The monoisotopic (exact) mass is 383 g/mol. The first-order valence-electron chi connectivity index (χ1n) is 6.80. The molecule has 1 aliphatic carbocycles. The smallest absolute Gasteiger partial charge is 0.193 e. The van der Waals surface area contributed by atoms with Crippen molar-refractivity contribution in [2.45, 2.75) is 44.4 Å². The molecule has 2 fully saturated rings. The van der Waals surface area contributed by atoms with Gasteiger partial charge in [-0.1, -0.05) is 13.8 Å². The second-order valence-electron chi connectivity index (χ2n) is 5.42. The minimum absolute atomic E-state index is 0. The Hall–Kier alpha value is 0.350. The molecule has 0 radical (unpaired) electrons. The fourth-order valence-electron chi connectivity index (χ4n) is 2.30. The Balaban J connectivity index is 0.00000162. The highest BCUT2D eigenvalue weighted by Crippen LogP contribution is 2.25.